The summed E-state index contributed by atoms with van der Waals surface area (Å²) in [6.07, 6.45) is 8.81. The van der Waals surface area contributed by atoms with E-state index < -0.39 is 0 Å². The number of anilines is 2. The number of benzene rings is 1. The summed E-state index contributed by atoms with van der Waals surface area (Å²) < 4.78 is 1.75. The third-order valence-corrected chi connectivity index (χ3v) is 6.30. The van der Waals surface area contributed by atoms with Gasteiger partial charge in [-0.1, -0.05) is 13.0 Å². The van der Waals surface area contributed by atoms with Crippen molar-refractivity contribution in [2.24, 2.45) is 11.8 Å². The number of carbonyl (C=O) groups is 1. The molecule has 0 radical (unpaired) electrons. The number of pyridine rings is 1. The Kier molecular flexibility index (Phi) is 6.65. The fourth-order valence-corrected chi connectivity index (χ4v) is 4.74. The summed E-state index contributed by atoms with van der Waals surface area (Å²) >= 11 is 0. The van der Waals surface area contributed by atoms with Gasteiger partial charge in [0.2, 0.25) is 11.5 Å². The summed E-state index contributed by atoms with van der Waals surface area (Å²) in [5, 5.41) is 13.3. The first-order valence-electron chi connectivity index (χ1n) is 11.4. The molecule has 4 N–H and O–H groups in total. The van der Waals surface area contributed by atoms with E-state index in [1.165, 1.54) is 30.7 Å². The van der Waals surface area contributed by atoms with Gasteiger partial charge in [-0.3, -0.25) is 14.3 Å². The van der Waals surface area contributed by atoms with Crippen LogP contribution in [0, 0.1) is 11.8 Å². The van der Waals surface area contributed by atoms with Crippen LogP contribution in [0.15, 0.2) is 53.7 Å². The molecule has 8 nitrogen and oxygen atoms in total. The number of fused-ring (bicyclic) bond motifs is 1. The van der Waals surface area contributed by atoms with Crippen LogP contribution in [-0.4, -0.2) is 38.4 Å². The van der Waals surface area contributed by atoms with Crippen LogP contribution < -0.4 is 16.2 Å². The molecule has 5 rings (SSSR count). The van der Waals surface area contributed by atoms with Gasteiger partial charge in [0.1, 0.15) is 0 Å². The first-order chi connectivity index (χ1) is 15.9. The number of H-pyrrole nitrogens is 1. The van der Waals surface area contributed by atoms with Gasteiger partial charge < -0.3 is 20.7 Å². The summed E-state index contributed by atoms with van der Waals surface area (Å²) in [7, 11) is 0. The topological polar surface area (TPSA) is 117 Å². The number of aromatic amines is 1. The van der Waals surface area contributed by atoms with Crippen molar-refractivity contribution in [3.05, 3.63) is 64.8 Å². The van der Waals surface area contributed by atoms with E-state index in [1.54, 1.807) is 17.7 Å². The Morgan fingerprint density at radius 1 is 1.24 bits per heavy atom. The van der Waals surface area contributed by atoms with Crippen LogP contribution in [0.5, 0.6) is 0 Å². The predicted octanol–water partition coefficient (Wildman–Crippen LogP) is 2.82. The highest BCUT2D eigenvalue weighted by Gasteiger charge is 2.43. The van der Waals surface area contributed by atoms with E-state index in [9.17, 15) is 9.59 Å². The Morgan fingerprint density at radius 2 is 2.03 bits per heavy atom. The predicted molar refractivity (Wildman–Crippen MR) is 129 cm³/mol. The molecule has 1 aliphatic carbocycles. The molecular formula is C25H31N5O3. The molecule has 0 saturated heterocycles. The van der Waals surface area contributed by atoms with Crippen molar-refractivity contribution in [2.45, 2.75) is 45.7 Å². The minimum atomic E-state index is -0.162. The van der Waals surface area contributed by atoms with Crippen molar-refractivity contribution < 1.29 is 9.90 Å². The normalized spacial score (nSPS) is 19.4. The number of nitrogen functional groups attached to an aromatic ring is 1. The van der Waals surface area contributed by atoms with E-state index >= 15 is 0 Å². The molecule has 3 aromatic rings. The summed E-state index contributed by atoms with van der Waals surface area (Å²) in [5.41, 5.74) is 10.0. The van der Waals surface area contributed by atoms with E-state index in [1.807, 2.05) is 17.3 Å². The van der Waals surface area contributed by atoms with Crippen LogP contribution in [0.2, 0.25) is 0 Å². The van der Waals surface area contributed by atoms with E-state index in [4.69, 9.17) is 10.8 Å². The van der Waals surface area contributed by atoms with Gasteiger partial charge in [-0.05, 0) is 60.4 Å². The fraction of sp³-hybridized carbons (Fsp3) is 0.400. The zero-order valence-corrected chi connectivity index (χ0v) is 19.1. The van der Waals surface area contributed by atoms with Gasteiger partial charge in [0, 0.05) is 48.4 Å². The van der Waals surface area contributed by atoms with Gasteiger partial charge in [0.05, 0.1) is 19.3 Å². The number of nitrogens with two attached hydrogens (primary N) is 1. The molecule has 0 bridgehead atoms. The van der Waals surface area contributed by atoms with Crippen LogP contribution in [0.25, 0.3) is 11.1 Å². The van der Waals surface area contributed by atoms with Crippen LogP contribution >= 0.6 is 0 Å². The second-order valence-electron chi connectivity index (χ2n) is 8.94. The zero-order valence-electron chi connectivity index (χ0n) is 19.1. The molecular weight excluding hydrogens is 418 g/mol. The third kappa shape index (κ3) is 5.17. The highest BCUT2D eigenvalue weighted by Crippen LogP contribution is 2.45. The first kappa shape index (κ1) is 22.8. The van der Waals surface area contributed by atoms with Gasteiger partial charge >= 0.3 is 0 Å². The number of amides is 1. The minimum absolute atomic E-state index is 0.0823. The number of nitrogens with one attached hydrogen (secondary N) is 1. The molecule has 1 unspecified atom stereocenters. The SMILES string of the molecule is CC(=O)N1c2ccc(-c3cnn(CCO)c3)cc2CC(C)[C@@H]1C1CC1.Nc1cc[nH]c(=O)c1. The van der Waals surface area contributed by atoms with Gasteiger partial charge in [0.25, 0.3) is 0 Å². The zero-order chi connectivity index (χ0) is 23.5. The van der Waals surface area contributed by atoms with Gasteiger partial charge in [-0.25, -0.2) is 0 Å². The maximum absolute atomic E-state index is 12.4. The molecule has 1 aliphatic heterocycles. The maximum atomic E-state index is 12.4. The van der Waals surface area contributed by atoms with Crippen molar-refractivity contribution in [2.75, 3.05) is 17.2 Å². The molecule has 2 aromatic heterocycles. The van der Waals surface area contributed by atoms with Crippen molar-refractivity contribution in [3.63, 3.8) is 0 Å². The lowest BCUT2D eigenvalue weighted by atomic mass is 9.83. The molecule has 1 amide bonds. The molecule has 1 aromatic carbocycles. The molecule has 0 spiro atoms. The van der Waals surface area contributed by atoms with E-state index in [2.05, 4.69) is 35.2 Å². The van der Waals surface area contributed by atoms with Crippen LogP contribution in [0.4, 0.5) is 11.4 Å². The van der Waals surface area contributed by atoms with Crippen LogP contribution in [0.1, 0.15) is 32.3 Å². The number of aromatic nitrogens is 3. The molecule has 2 atom stereocenters. The largest absolute Gasteiger partial charge is 0.399 e. The Balaban J connectivity index is 0.000000275. The Labute approximate surface area is 193 Å². The molecule has 174 valence electrons. The van der Waals surface area contributed by atoms with Crippen molar-refractivity contribution in [3.8, 4) is 11.1 Å². The summed E-state index contributed by atoms with van der Waals surface area (Å²) in [6, 6.07) is 9.68. The Bertz CT molecular complexity index is 1180. The maximum Gasteiger partial charge on any atom is 0.249 e. The number of hydrogen-bond donors (Lipinski definition) is 3. The lowest BCUT2D eigenvalue weighted by Crippen LogP contribution is -2.48. The van der Waals surface area contributed by atoms with E-state index in [0.29, 0.717) is 30.1 Å². The lowest BCUT2D eigenvalue weighted by Gasteiger charge is -2.41. The average Bonchev–Trinajstić information content (AvgIpc) is 3.50. The minimum Gasteiger partial charge on any atom is -0.399 e. The lowest BCUT2D eigenvalue weighted by molar-refractivity contribution is -0.117. The second-order valence-corrected chi connectivity index (χ2v) is 8.94. The smallest absolute Gasteiger partial charge is 0.249 e. The molecule has 2 aliphatic rings. The van der Waals surface area contributed by atoms with Crippen LogP contribution in [-0.2, 0) is 17.8 Å². The van der Waals surface area contributed by atoms with Crippen molar-refractivity contribution in [1.82, 2.24) is 14.8 Å². The highest BCUT2D eigenvalue weighted by atomic mass is 16.3. The number of aliphatic hydroxyl groups is 1. The fourth-order valence-electron chi connectivity index (χ4n) is 4.74. The van der Waals surface area contributed by atoms with Gasteiger partial charge in [-0.15, -0.1) is 0 Å². The standard InChI is InChI=1S/C20H25N3O2.C5H6N2O/c1-13-9-17-10-16(18-11-21-22(12-18)7-8-24)5-6-19(17)23(14(2)25)20(13)15-3-4-15;6-4-1-2-7-5(8)3-4/h5-6,10-13,15,20,24H,3-4,7-9H2,1-2H3;1-3H,(H3,6,7,8)/t13?,20-;/m1./s1. The third-order valence-electron chi connectivity index (χ3n) is 6.30. The Morgan fingerprint density at radius 3 is 2.64 bits per heavy atom. The summed E-state index contributed by atoms with van der Waals surface area (Å²) in [5.74, 6) is 1.30. The monoisotopic (exact) mass is 449 g/mol. The quantitative estimate of drug-likeness (QED) is 0.566. The number of carbonyl (C=O) groups excluding carboxylic acids is 1. The van der Waals surface area contributed by atoms with Crippen LogP contribution in [0.3, 0.4) is 0 Å². The number of hydrogen-bond acceptors (Lipinski definition) is 5. The second kappa shape index (κ2) is 9.62. The number of rotatable bonds is 4. The van der Waals surface area contributed by atoms with Gasteiger partial charge in [0.15, 0.2) is 0 Å². The molecule has 3 heterocycles. The summed E-state index contributed by atoms with van der Waals surface area (Å²) in [6.45, 7) is 4.54. The number of nitrogens with zero attached hydrogens (tertiary/aromatic N) is 3. The first-order valence-corrected chi connectivity index (χ1v) is 11.4. The van der Waals surface area contributed by atoms with E-state index in [-0.39, 0.29) is 18.1 Å². The highest BCUT2D eigenvalue weighted by molar-refractivity contribution is 5.94. The summed E-state index contributed by atoms with van der Waals surface area (Å²) in [4.78, 5) is 27.2. The Hall–Kier alpha value is -3.39. The van der Waals surface area contributed by atoms with Gasteiger partial charge in [-0.2, -0.15) is 5.10 Å². The van der Waals surface area contributed by atoms with Crippen molar-refractivity contribution >= 4 is 17.3 Å². The average molecular weight is 450 g/mol. The molecule has 1 saturated carbocycles. The number of aliphatic hydroxyl groups excluding tert-OH is 1. The molecule has 33 heavy (non-hydrogen) atoms. The molecule has 1 fully saturated rings. The van der Waals surface area contributed by atoms with E-state index in [0.717, 1.165) is 23.2 Å². The van der Waals surface area contributed by atoms with Crippen molar-refractivity contribution in [1.29, 1.82) is 0 Å². The molecule has 8 heteroatoms.